The normalized spacial score (nSPS) is 14.8. The smallest absolute Gasteiger partial charge is 0.251 e. The monoisotopic (exact) mass is 403 g/mol. The number of rotatable bonds is 6. The van der Waals surface area contributed by atoms with Crippen LogP contribution in [0.25, 0.3) is 5.69 Å². The molecule has 0 radical (unpaired) electrons. The predicted octanol–water partition coefficient (Wildman–Crippen LogP) is 3.33. The average molecular weight is 404 g/mol. The van der Waals surface area contributed by atoms with Crippen LogP contribution in [0.3, 0.4) is 0 Å². The van der Waals surface area contributed by atoms with E-state index in [9.17, 15) is 4.79 Å². The Labute approximate surface area is 178 Å². The Hall–Kier alpha value is -3.12. The molecular weight excluding hydrogens is 374 g/mol. The van der Waals surface area contributed by atoms with Gasteiger partial charge in [0.05, 0.1) is 5.69 Å². The molecule has 2 aromatic carbocycles. The fourth-order valence-corrected chi connectivity index (χ4v) is 3.89. The third-order valence-electron chi connectivity index (χ3n) is 5.72. The molecule has 0 atom stereocenters. The molecule has 4 rings (SSSR count). The summed E-state index contributed by atoms with van der Waals surface area (Å²) < 4.78 is 1.81. The highest BCUT2D eigenvalue weighted by Gasteiger charge is 2.19. The lowest BCUT2D eigenvalue weighted by atomic mass is 10.1. The van der Waals surface area contributed by atoms with E-state index in [4.69, 9.17) is 0 Å². The highest BCUT2D eigenvalue weighted by atomic mass is 16.1. The molecule has 6 heteroatoms. The number of piperazine rings is 1. The number of benzene rings is 2. The Morgan fingerprint density at radius 3 is 2.40 bits per heavy atom. The number of amides is 1. The van der Waals surface area contributed by atoms with Gasteiger partial charge in [0.2, 0.25) is 0 Å². The summed E-state index contributed by atoms with van der Waals surface area (Å²) in [6, 6.07) is 18.4. The van der Waals surface area contributed by atoms with Gasteiger partial charge >= 0.3 is 0 Å². The molecule has 0 bridgehead atoms. The van der Waals surface area contributed by atoms with Gasteiger partial charge in [-0.25, -0.2) is 4.68 Å². The van der Waals surface area contributed by atoms with Crippen LogP contribution in [0.5, 0.6) is 0 Å². The van der Waals surface area contributed by atoms with Crippen molar-refractivity contribution in [2.24, 2.45) is 0 Å². The number of para-hydroxylation sites is 1. The molecule has 3 aromatic rings. The van der Waals surface area contributed by atoms with Gasteiger partial charge in [0.25, 0.3) is 5.91 Å². The predicted molar refractivity (Wildman–Crippen MR) is 120 cm³/mol. The Bertz CT molecular complexity index is 958. The second-order valence-corrected chi connectivity index (χ2v) is 7.93. The first-order valence-electron chi connectivity index (χ1n) is 10.6. The Morgan fingerprint density at radius 2 is 1.73 bits per heavy atom. The number of carbonyl (C=O) groups excluding carboxylic acids is 1. The lowest BCUT2D eigenvalue weighted by Crippen LogP contribution is -2.48. The molecule has 1 aliphatic heterocycles. The van der Waals surface area contributed by atoms with Gasteiger partial charge in [-0.3, -0.25) is 9.69 Å². The average Bonchev–Trinajstić information content (AvgIpc) is 3.33. The van der Waals surface area contributed by atoms with Crippen LogP contribution >= 0.6 is 0 Å². The van der Waals surface area contributed by atoms with Gasteiger partial charge in [-0.2, -0.15) is 5.10 Å². The third-order valence-corrected chi connectivity index (χ3v) is 5.72. The van der Waals surface area contributed by atoms with Gasteiger partial charge < -0.3 is 10.2 Å². The summed E-state index contributed by atoms with van der Waals surface area (Å²) in [5.41, 5.74) is 3.85. The fraction of sp³-hybridized carbons (Fsp3) is 0.333. The zero-order valence-electron chi connectivity index (χ0n) is 17.7. The van der Waals surface area contributed by atoms with Crippen molar-refractivity contribution in [1.82, 2.24) is 20.0 Å². The number of hydrogen-bond acceptors (Lipinski definition) is 4. The largest absolute Gasteiger partial charge is 0.369 e. The Morgan fingerprint density at radius 1 is 1.00 bits per heavy atom. The van der Waals surface area contributed by atoms with Crippen molar-refractivity contribution in [3.05, 3.63) is 78.1 Å². The minimum atomic E-state index is -0.0681. The first-order chi connectivity index (χ1) is 14.6. The molecule has 1 N–H and O–H groups in total. The first kappa shape index (κ1) is 20.2. The maximum absolute atomic E-state index is 12.7. The molecule has 1 saturated heterocycles. The van der Waals surface area contributed by atoms with Crippen molar-refractivity contribution in [3.8, 4) is 5.69 Å². The SMILES string of the molecule is CC(C)N1CCN(c2ccc(C(=O)NCc3ccccc3-n3cccn3)cc2)CC1. The van der Waals surface area contributed by atoms with Crippen molar-refractivity contribution in [2.75, 3.05) is 31.1 Å². The molecule has 1 fully saturated rings. The summed E-state index contributed by atoms with van der Waals surface area (Å²) in [4.78, 5) is 17.6. The van der Waals surface area contributed by atoms with Crippen LogP contribution in [0, 0.1) is 0 Å². The molecule has 1 aromatic heterocycles. The minimum Gasteiger partial charge on any atom is -0.369 e. The second kappa shape index (κ2) is 9.13. The quantitative estimate of drug-likeness (QED) is 0.686. The molecule has 1 aliphatic rings. The number of carbonyl (C=O) groups is 1. The summed E-state index contributed by atoms with van der Waals surface area (Å²) >= 11 is 0. The molecule has 30 heavy (non-hydrogen) atoms. The minimum absolute atomic E-state index is 0.0681. The molecule has 156 valence electrons. The zero-order valence-corrected chi connectivity index (χ0v) is 17.7. The van der Waals surface area contributed by atoms with E-state index in [1.807, 2.05) is 53.3 Å². The third kappa shape index (κ3) is 4.54. The molecule has 0 spiro atoms. The topological polar surface area (TPSA) is 53.4 Å². The van der Waals surface area contributed by atoms with Crippen molar-refractivity contribution >= 4 is 11.6 Å². The lowest BCUT2D eigenvalue weighted by molar-refractivity contribution is 0.0951. The van der Waals surface area contributed by atoms with E-state index in [0.29, 0.717) is 18.2 Å². The fourth-order valence-electron chi connectivity index (χ4n) is 3.89. The molecule has 0 unspecified atom stereocenters. The van der Waals surface area contributed by atoms with Crippen molar-refractivity contribution in [2.45, 2.75) is 26.4 Å². The molecule has 0 saturated carbocycles. The van der Waals surface area contributed by atoms with Gasteiger partial charge in [0, 0.05) is 62.4 Å². The van der Waals surface area contributed by atoms with Crippen LogP contribution in [-0.2, 0) is 6.54 Å². The number of nitrogens with one attached hydrogen (secondary N) is 1. The molecule has 6 nitrogen and oxygen atoms in total. The van der Waals surface area contributed by atoms with E-state index in [2.05, 4.69) is 46.2 Å². The number of nitrogens with zero attached hydrogens (tertiary/aromatic N) is 4. The van der Waals surface area contributed by atoms with E-state index < -0.39 is 0 Å². The van der Waals surface area contributed by atoms with Crippen LogP contribution in [0.4, 0.5) is 5.69 Å². The first-order valence-corrected chi connectivity index (χ1v) is 10.6. The summed E-state index contributed by atoms with van der Waals surface area (Å²) in [6.07, 6.45) is 3.65. The van der Waals surface area contributed by atoms with Crippen molar-refractivity contribution in [1.29, 1.82) is 0 Å². The van der Waals surface area contributed by atoms with Crippen molar-refractivity contribution in [3.63, 3.8) is 0 Å². The number of hydrogen-bond donors (Lipinski definition) is 1. The molecule has 1 amide bonds. The van der Waals surface area contributed by atoms with Crippen LogP contribution in [0.2, 0.25) is 0 Å². The molecule has 2 heterocycles. The van der Waals surface area contributed by atoms with Crippen molar-refractivity contribution < 1.29 is 4.79 Å². The number of aromatic nitrogens is 2. The summed E-state index contributed by atoms with van der Waals surface area (Å²) in [5.74, 6) is -0.0681. The maximum Gasteiger partial charge on any atom is 0.251 e. The van der Waals surface area contributed by atoms with Gasteiger partial charge in [0.15, 0.2) is 0 Å². The number of anilines is 1. The van der Waals surface area contributed by atoms with E-state index in [1.165, 1.54) is 5.69 Å². The zero-order chi connectivity index (χ0) is 20.9. The standard InChI is InChI=1S/C24H29N5O/c1-19(2)27-14-16-28(17-15-27)22-10-8-20(9-11-22)24(30)25-18-21-6-3-4-7-23(21)29-13-5-12-26-29/h3-13,19H,14-18H2,1-2H3,(H,25,30). The van der Waals surface area contributed by atoms with Crippen LogP contribution < -0.4 is 10.2 Å². The summed E-state index contributed by atoms with van der Waals surface area (Å²) in [5, 5.41) is 7.33. The van der Waals surface area contributed by atoms with Crippen LogP contribution in [-0.4, -0.2) is 52.8 Å². The van der Waals surface area contributed by atoms with Gasteiger partial charge in [-0.1, -0.05) is 18.2 Å². The second-order valence-electron chi connectivity index (χ2n) is 7.93. The van der Waals surface area contributed by atoms with Gasteiger partial charge in [-0.05, 0) is 55.8 Å². The van der Waals surface area contributed by atoms with E-state index in [-0.39, 0.29) is 5.91 Å². The van der Waals surface area contributed by atoms with E-state index in [1.54, 1.807) is 6.20 Å². The van der Waals surface area contributed by atoms with Crippen LogP contribution in [0.1, 0.15) is 29.8 Å². The van der Waals surface area contributed by atoms with Gasteiger partial charge in [-0.15, -0.1) is 0 Å². The highest BCUT2D eigenvalue weighted by Crippen LogP contribution is 2.19. The van der Waals surface area contributed by atoms with E-state index in [0.717, 1.165) is 37.4 Å². The van der Waals surface area contributed by atoms with Gasteiger partial charge in [0.1, 0.15) is 0 Å². The van der Waals surface area contributed by atoms with Crippen LogP contribution in [0.15, 0.2) is 67.0 Å². The van der Waals surface area contributed by atoms with E-state index >= 15 is 0 Å². The maximum atomic E-state index is 12.7. The Kier molecular flexibility index (Phi) is 6.14. The molecular formula is C24H29N5O. The summed E-state index contributed by atoms with van der Waals surface area (Å²) in [7, 11) is 0. The Balaban J connectivity index is 1.36. The highest BCUT2D eigenvalue weighted by molar-refractivity contribution is 5.94. The summed E-state index contributed by atoms with van der Waals surface area (Å²) in [6.45, 7) is 9.15. The lowest BCUT2D eigenvalue weighted by Gasteiger charge is -2.38. The molecule has 0 aliphatic carbocycles.